The van der Waals surface area contributed by atoms with Crippen molar-refractivity contribution in [3.05, 3.63) is 0 Å². The van der Waals surface area contributed by atoms with E-state index in [0.717, 1.165) is 12.8 Å². The molecule has 2 unspecified atom stereocenters. The van der Waals surface area contributed by atoms with Gasteiger partial charge in [0, 0.05) is 13.2 Å². The average Bonchev–Trinajstić information content (AvgIpc) is 2.09. The zero-order chi connectivity index (χ0) is 11.0. The van der Waals surface area contributed by atoms with Crippen LogP contribution in [0.15, 0.2) is 0 Å². The summed E-state index contributed by atoms with van der Waals surface area (Å²) in [7, 11) is -3.37. The molecule has 0 aliphatic heterocycles. The van der Waals surface area contributed by atoms with E-state index in [1.807, 2.05) is 0 Å². The van der Waals surface area contributed by atoms with E-state index in [9.17, 15) is 4.57 Å². The molecular formula is C9H22NO3P. The minimum absolute atomic E-state index is 0.529. The number of hydrogen-bond acceptors (Lipinski definition) is 3. The fraction of sp³-hybridized carbons (Fsp3) is 1.00. The molecule has 0 saturated carbocycles. The molecule has 14 heavy (non-hydrogen) atoms. The molecule has 86 valence electrons. The summed E-state index contributed by atoms with van der Waals surface area (Å²) in [5.41, 5.74) is 2.57. The Morgan fingerprint density at radius 1 is 1.50 bits per heavy atom. The number of hydrogen-bond donors (Lipinski definition) is 2. The number of rotatable bonds is 8. The van der Waals surface area contributed by atoms with Gasteiger partial charge >= 0.3 is 7.60 Å². The van der Waals surface area contributed by atoms with Gasteiger partial charge in [-0.25, -0.2) is 4.62 Å². The highest BCUT2D eigenvalue weighted by molar-refractivity contribution is 7.51. The van der Waals surface area contributed by atoms with Crippen LogP contribution in [0.25, 0.3) is 0 Å². The van der Waals surface area contributed by atoms with Crippen molar-refractivity contribution in [3.63, 3.8) is 0 Å². The number of nitrogens with one attached hydrogen (secondary N) is 1. The van der Waals surface area contributed by atoms with Crippen LogP contribution in [0, 0.1) is 5.92 Å². The molecule has 0 radical (unpaired) electrons. The van der Waals surface area contributed by atoms with Gasteiger partial charge in [0.1, 0.15) is 0 Å². The predicted octanol–water partition coefficient (Wildman–Crippen LogP) is 2.54. The molecule has 0 rings (SSSR count). The highest BCUT2D eigenvalue weighted by Crippen LogP contribution is 2.34. The first kappa shape index (κ1) is 14.1. The summed E-state index contributed by atoms with van der Waals surface area (Å²) >= 11 is 0. The van der Waals surface area contributed by atoms with Gasteiger partial charge in [-0.05, 0) is 12.3 Å². The molecule has 0 spiro atoms. The first-order valence-electron chi connectivity index (χ1n) is 5.21. The molecule has 0 aliphatic carbocycles. The van der Waals surface area contributed by atoms with Crippen LogP contribution in [0.5, 0.6) is 0 Å². The fourth-order valence-electron chi connectivity index (χ4n) is 1.22. The molecule has 0 saturated heterocycles. The lowest BCUT2D eigenvalue weighted by Gasteiger charge is -2.15. The van der Waals surface area contributed by atoms with E-state index in [1.54, 1.807) is 0 Å². The van der Waals surface area contributed by atoms with Gasteiger partial charge in [-0.3, -0.25) is 4.57 Å². The van der Waals surface area contributed by atoms with Gasteiger partial charge in [0.25, 0.3) is 0 Å². The second-order valence-corrected chi connectivity index (χ2v) is 5.45. The lowest BCUT2D eigenvalue weighted by molar-refractivity contribution is 0.150. The lowest BCUT2D eigenvalue weighted by Crippen LogP contribution is -2.21. The topological polar surface area (TPSA) is 58.6 Å². The first-order chi connectivity index (χ1) is 6.49. The molecule has 4 nitrogen and oxygen atoms in total. The fourth-order valence-corrected chi connectivity index (χ4v) is 1.53. The molecule has 0 aromatic rings. The van der Waals surface area contributed by atoms with Crippen molar-refractivity contribution in [1.29, 1.82) is 0 Å². The van der Waals surface area contributed by atoms with Crippen LogP contribution in [0.3, 0.4) is 0 Å². The van der Waals surface area contributed by atoms with Crippen LogP contribution in [-0.4, -0.2) is 18.1 Å². The summed E-state index contributed by atoms with van der Waals surface area (Å²) in [6.45, 7) is 6.10. The first-order valence-corrected chi connectivity index (χ1v) is 7.23. The second-order valence-electron chi connectivity index (χ2n) is 3.66. The zero-order valence-electron chi connectivity index (χ0n) is 9.32. The van der Waals surface area contributed by atoms with Gasteiger partial charge in [0.05, 0.1) is 0 Å². The molecule has 5 heteroatoms. The number of hydroxylamine groups is 1. The maximum absolute atomic E-state index is 10.8. The van der Waals surface area contributed by atoms with Crippen LogP contribution in [0.1, 0.15) is 39.5 Å². The molecule has 0 bridgehead atoms. The summed E-state index contributed by atoms with van der Waals surface area (Å²) in [5.74, 6) is 0.529. The third kappa shape index (κ3) is 8.70. The van der Waals surface area contributed by atoms with Gasteiger partial charge in [-0.2, -0.15) is 5.48 Å². The van der Waals surface area contributed by atoms with Crippen molar-refractivity contribution < 1.29 is 14.1 Å². The van der Waals surface area contributed by atoms with E-state index < -0.39 is 7.60 Å². The highest BCUT2D eigenvalue weighted by atomic mass is 31.2. The molecule has 0 aliphatic rings. The zero-order valence-corrected chi connectivity index (χ0v) is 10.2. The van der Waals surface area contributed by atoms with Gasteiger partial charge in [0.15, 0.2) is 0 Å². The Labute approximate surface area is 86.5 Å². The van der Waals surface area contributed by atoms with Crippen molar-refractivity contribution >= 4 is 7.60 Å². The molecule has 0 fully saturated rings. The van der Waals surface area contributed by atoms with Crippen molar-refractivity contribution in [2.75, 3.05) is 13.2 Å². The van der Waals surface area contributed by atoms with Crippen molar-refractivity contribution in [1.82, 2.24) is 5.48 Å². The minimum atomic E-state index is -3.37. The van der Waals surface area contributed by atoms with Crippen LogP contribution in [0.4, 0.5) is 0 Å². The quantitative estimate of drug-likeness (QED) is 0.490. The van der Waals surface area contributed by atoms with E-state index in [1.165, 1.54) is 19.5 Å². The van der Waals surface area contributed by atoms with Gasteiger partial charge in [-0.15, -0.1) is 0 Å². The van der Waals surface area contributed by atoms with Gasteiger partial charge < -0.3 is 4.89 Å². The Bertz CT molecular complexity index is 181. The third-order valence-electron chi connectivity index (χ3n) is 2.15. The van der Waals surface area contributed by atoms with Gasteiger partial charge in [0.2, 0.25) is 0 Å². The molecule has 2 N–H and O–H groups in total. The van der Waals surface area contributed by atoms with Crippen molar-refractivity contribution in [2.24, 2.45) is 5.92 Å². The monoisotopic (exact) mass is 223 g/mol. The summed E-state index contributed by atoms with van der Waals surface area (Å²) in [4.78, 5) is 8.85. The molecule has 0 aromatic carbocycles. The molecule has 0 aromatic heterocycles. The third-order valence-corrected chi connectivity index (χ3v) is 2.62. The summed E-state index contributed by atoms with van der Waals surface area (Å²) in [5, 5.41) is 0. The Balaban J connectivity index is 3.57. The second kappa shape index (κ2) is 7.41. The SMILES string of the molecule is CCCCC(CC)CNOP(C)(=O)O. The van der Waals surface area contributed by atoms with Crippen molar-refractivity contribution in [2.45, 2.75) is 39.5 Å². The van der Waals surface area contributed by atoms with E-state index in [-0.39, 0.29) is 0 Å². The number of unbranched alkanes of at least 4 members (excludes halogenated alkanes) is 1. The Morgan fingerprint density at radius 2 is 2.14 bits per heavy atom. The summed E-state index contributed by atoms with van der Waals surface area (Å²) in [6, 6.07) is 0. The van der Waals surface area contributed by atoms with Crippen LogP contribution < -0.4 is 5.48 Å². The average molecular weight is 223 g/mol. The summed E-state index contributed by atoms with van der Waals surface area (Å²) in [6.07, 6.45) is 4.59. The van der Waals surface area contributed by atoms with E-state index in [0.29, 0.717) is 12.5 Å². The van der Waals surface area contributed by atoms with Crippen molar-refractivity contribution in [3.8, 4) is 0 Å². The molecule has 0 heterocycles. The maximum Gasteiger partial charge on any atom is 0.341 e. The maximum atomic E-state index is 10.8. The Kier molecular flexibility index (Phi) is 7.47. The largest absolute Gasteiger partial charge is 0.341 e. The predicted molar refractivity (Wildman–Crippen MR) is 58.1 cm³/mol. The summed E-state index contributed by atoms with van der Waals surface area (Å²) < 4.78 is 15.4. The van der Waals surface area contributed by atoms with Crippen LogP contribution in [-0.2, 0) is 9.19 Å². The smallest absolute Gasteiger partial charge is 0.324 e. The van der Waals surface area contributed by atoms with Crippen LogP contribution in [0.2, 0.25) is 0 Å². The van der Waals surface area contributed by atoms with E-state index in [4.69, 9.17) is 4.89 Å². The van der Waals surface area contributed by atoms with Gasteiger partial charge in [-0.1, -0.05) is 33.1 Å². The molecule has 2 atom stereocenters. The van der Waals surface area contributed by atoms with E-state index in [2.05, 4.69) is 24.0 Å². The van der Waals surface area contributed by atoms with E-state index >= 15 is 0 Å². The molecular weight excluding hydrogens is 201 g/mol. The standard InChI is InChI=1S/C9H22NO3P/c1-4-6-7-9(5-2)8-10-13-14(3,11)12/h9-10H,4-8H2,1-3H3,(H,11,12). The van der Waals surface area contributed by atoms with Crippen LogP contribution >= 0.6 is 7.60 Å². The highest BCUT2D eigenvalue weighted by Gasteiger charge is 2.11. The lowest BCUT2D eigenvalue weighted by atomic mass is 10.00. The Hall–Kier alpha value is 0.110. The normalized spacial score (nSPS) is 17.7. The molecule has 0 amide bonds. The minimum Gasteiger partial charge on any atom is -0.324 e. The Morgan fingerprint density at radius 3 is 2.57 bits per heavy atom.